The summed E-state index contributed by atoms with van der Waals surface area (Å²) in [5.74, 6) is -0.557. The number of hydrogen-bond donors (Lipinski definition) is 3. The largest absolute Gasteiger partial charge is 0.359 e. The minimum absolute atomic E-state index is 0.00409. The van der Waals surface area contributed by atoms with E-state index in [1.165, 1.54) is 11.3 Å². The second-order valence-electron chi connectivity index (χ2n) is 8.77. The molecule has 3 amide bonds. The maximum absolute atomic E-state index is 13.6. The number of hydrogen-bond acceptors (Lipinski definition) is 3. The molecule has 2 aromatic carbocycles. The molecular weight excluding hydrogens is 390 g/mol. The van der Waals surface area contributed by atoms with Crippen LogP contribution in [0.15, 0.2) is 42.5 Å². The molecule has 0 unspecified atom stereocenters. The van der Waals surface area contributed by atoms with Crippen molar-refractivity contribution in [3.8, 4) is 0 Å². The monoisotopic (exact) mass is 421 g/mol. The molecule has 1 saturated carbocycles. The Morgan fingerprint density at radius 3 is 2.42 bits per heavy atom. The quantitative estimate of drug-likeness (QED) is 0.670. The van der Waals surface area contributed by atoms with Gasteiger partial charge >= 0.3 is 6.03 Å². The molecule has 2 aromatic rings. The standard InChI is InChI=1S/C25H31N3O3/c1-17-14-15-20(16-18(17)2)28-24(30)27-22-13-9-8-12-21(22)25(28,31)23(29)26-19-10-6-4-3-5-7-11-19/h8-9,12-16,19,31H,3-7,10-11H2,1-2H3,(H,26,29)(H,27,30)/t25-/m0/s1. The Bertz CT molecular complexity index is 982. The molecule has 6 nitrogen and oxygen atoms in total. The molecule has 1 heterocycles. The van der Waals surface area contributed by atoms with Crippen LogP contribution in [0.4, 0.5) is 16.2 Å². The predicted molar refractivity (Wildman–Crippen MR) is 122 cm³/mol. The summed E-state index contributed by atoms with van der Waals surface area (Å²) >= 11 is 0. The lowest BCUT2D eigenvalue weighted by atomic mass is 9.92. The number of benzene rings is 2. The van der Waals surface area contributed by atoms with Gasteiger partial charge in [0.2, 0.25) is 0 Å². The number of anilines is 2. The Morgan fingerprint density at radius 1 is 1.03 bits per heavy atom. The van der Waals surface area contributed by atoms with Gasteiger partial charge in [0.1, 0.15) is 0 Å². The number of carbonyl (C=O) groups is 2. The van der Waals surface area contributed by atoms with Gasteiger partial charge in [-0.3, -0.25) is 9.69 Å². The zero-order chi connectivity index (χ0) is 22.0. The molecule has 1 aliphatic carbocycles. The highest BCUT2D eigenvalue weighted by atomic mass is 16.3. The number of rotatable bonds is 3. The van der Waals surface area contributed by atoms with Gasteiger partial charge in [-0.15, -0.1) is 0 Å². The van der Waals surface area contributed by atoms with Crippen LogP contribution < -0.4 is 15.5 Å². The fourth-order valence-electron chi connectivity index (χ4n) is 4.61. The molecule has 1 aliphatic heterocycles. The molecule has 164 valence electrons. The van der Waals surface area contributed by atoms with Crippen LogP contribution in [-0.4, -0.2) is 23.1 Å². The van der Waals surface area contributed by atoms with Crippen LogP contribution in [0.25, 0.3) is 0 Å². The van der Waals surface area contributed by atoms with Gasteiger partial charge in [-0.05, 0) is 56.0 Å². The lowest BCUT2D eigenvalue weighted by molar-refractivity contribution is -0.141. The smallest absolute Gasteiger partial charge is 0.329 e. The van der Waals surface area contributed by atoms with E-state index < -0.39 is 17.7 Å². The van der Waals surface area contributed by atoms with E-state index in [4.69, 9.17) is 0 Å². The number of nitrogens with one attached hydrogen (secondary N) is 2. The lowest BCUT2D eigenvalue weighted by Crippen LogP contribution is -2.63. The number of fused-ring (bicyclic) bond motifs is 1. The van der Waals surface area contributed by atoms with Gasteiger partial charge in [0.15, 0.2) is 0 Å². The highest BCUT2D eigenvalue weighted by Gasteiger charge is 2.52. The van der Waals surface area contributed by atoms with E-state index in [1.807, 2.05) is 26.0 Å². The summed E-state index contributed by atoms with van der Waals surface area (Å²) in [6.45, 7) is 3.93. The summed E-state index contributed by atoms with van der Waals surface area (Å²) < 4.78 is 0. The highest BCUT2D eigenvalue weighted by molar-refractivity contribution is 6.11. The molecule has 0 spiro atoms. The summed E-state index contributed by atoms with van der Waals surface area (Å²) in [6.07, 6.45) is 7.45. The first-order valence-electron chi connectivity index (χ1n) is 11.2. The fraction of sp³-hybridized carbons (Fsp3) is 0.440. The zero-order valence-electron chi connectivity index (χ0n) is 18.3. The Kier molecular flexibility index (Phi) is 6.01. The molecule has 6 heteroatoms. The van der Waals surface area contributed by atoms with Gasteiger partial charge in [0.25, 0.3) is 11.6 Å². The molecule has 2 aliphatic rings. The van der Waals surface area contributed by atoms with Gasteiger partial charge in [0.05, 0.1) is 5.69 Å². The van der Waals surface area contributed by atoms with Crippen molar-refractivity contribution in [2.45, 2.75) is 70.6 Å². The number of aliphatic hydroxyl groups is 1. The Labute approximate surface area is 183 Å². The van der Waals surface area contributed by atoms with E-state index in [2.05, 4.69) is 10.6 Å². The van der Waals surface area contributed by atoms with Crippen molar-refractivity contribution >= 4 is 23.3 Å². The normalized spacial score (nSPS) is 22.2. The number of aryl methyl sites for hydroxylation is 2. The van der Waals surface area contributed by atoms with Gasteiger partial charge in [0, 0.05) is 17.3 Å². The van der Waals surface area contributed by atoms with Crippen molar-refractivity contribution in [2.75, 3.05) is 10.2 Å². The molecule has 31 heavy (non-hydrogen) atoms. The third-order valence-electron chi connectivity index (χ3n) is 6.58. The minimum atomic E-state index is -2.14. The summed E-state index contributed by atoms with van der Waals surface area (Å²) in [5.41, 5.74) is 1.21. The van der Waals surface area contributed by atoms with Crippen LogP contribution >= 0.6 is 0 Å². The van der Waals surface area contributed by atoms with E-state index in [1.54, 1.807) is 30.3 Å². The number of carbonyl (C=O) groups excluding carboxylic acids is 2. The van der Waals surface area contributed by atoms with Crippen LogP contribution in [0, 0.1) is 13.8 Å². The number of para-hydroxylation sites is 1. The summed E-state index contributed by atoms with van der Waals surface area (Å²) in [6, 6.07) is 11.9. The SMILES string of the molecule is Cc1ccc(N2C(=O)Nc3ccccc3[C@]2(O)C(=O)NC2CCCCCCC2)cc1C. The third-order valence-corrected chi connectivity index (χ3v) is 6.58. The van der Waals surface area contributed by atoms with Crippen molar-refractivity contribution in [1.29, 1.82) is 0 Å². The second kappa shape index (κ2) is 8.71. The van der Waals surface area contributed by atoms with Crippen molar-refractivity contribution in [1.82, 2.24) is 5.32 Å². The fourth-order valence-corrected chi connectivity index (χ4v) is 4.61. The van der Waals surface area contributed by atoms with Gasteiger partial charge in [-0.25, -0.2) is 4.79 Å². The molecule has 0 bridgehead atoms. The minimum Gasteiger partial charge on any atom is -0.359 e. The topological polar surface area (TPSA) is 81.7 Å². The molecule has 1 atom stereocenters. The van der Waals surface area contributed by atoms with Gasteiger partial charge in [-0.2, -0.15) is 0 Å². The third kappa shape index (κ3) is 4.04. The average Bonchev–Trinajstić information content (AvgIpc) is 2.72. The zero-order valence-corrected chi connectivity index (χ0v) is 18.3. The molecular formula is C25H31N3O3. The number of amides is 3. The van der Waals surface area contributed by atoms with Crippen LogP contribution in [0.2, 0.25) is 0 Å². The summed E-state index contributed by atoms with van der Waals surface area (Å²) in [5, 5.41) is 17.8. The Balaban J connectivity index is 1.75. The molecule has 3 N–H and O–H groups in total. The molecule has 0 radical (unpaired) electrons. The van der Waals surface area contributed by atoms with Crippen molar-refractivity contribution in [3.63, 3.8) is 0 Å². The lowest BCUT2D eigenvalue weighted by Gasteiger charge is -2.43. The van der Waals surface area contributed by atoms with Crippen LogP contribution in [0.5, 0.6) is 0 Å². The highest BCUT2D eigenvalue weighted by Crippen LogP contribution is 2.40. The van der Waals surface area contributed by atoms with E-state index in [0.717, 1.165) is 49.7 Å². The predicted octanol–water partition coefficient (Wildman–Crippen LogP) is 4.73. The Hall–Kier alpha value is -2.86. The van der Waals surface area contributed by atoms with Gasteiger partial charge < -0.3 is 15.7 Å². The molecule has 0 aromatic heterocycles. The number of nitrogens with zero attached hydrogens (tertiary/aromatic N) is 1. The average molecular weight is 422 g/mol. The van der Waals surface area contributed by atoms with Gasteiger partial charge in [-0.1, -0.05) is 56.4 Å². The van der Waals surface area contributed by atoms with Crippen LogP contribution in [0.3, 0.4) is 0 Å². The summed E-state index contributed by atoms with van der Waals surface area (Å²) in [4.78, 5) is 28.0. The van der Waals surface area contributed by atoms with Crippen molar-refractivity contribution in [2.24, 2.45) is 0 Å². The van der Waals surface area contributed by atoms with Crippen LogP contribution in [0.1, 0.15) is 61.6 Å². The maximum Gasteiger partial charge on any atom is 0.329 e. The molecule has 4 rings (SSSR count). The van der Waals surface area contributed by atoms with Crippen molar-refractivity contribution in [3.05, 3.63) is 59.2 Å². The molecule has 0 saturated heterocycles. The van der Waals surface area contributed by atoms with E-state index >= 15 is 0 Å². The number of urea groups is 1. The van der Waals surface area contributed by atoms with E-state index in [9.17, 15) is 14.7 Å². The van der Waals surface area contributed by atoms with Crippen molar-refractivity contribution < 1.29 is 14.7 Å². The molecule has 1 fully saturated rings. The first-order chi connectivity index (χ1) is 14.9. The first-order valence-corrected chi connectivity index (χ1v) is 11.2. The van der Waals surface area contributed by atoms with E-state index in [-0.39, 0.29) is 6.04 Å². The maximum atomic E-state index is 13.6. The Morgan fingerprint density at radius 2 is 1.71 bits per heavy atom. The van der Waals surface area contributed by atoms with E-state index in [0.29, 0.717) is 16.9 Å². The summed E-state index contributed by atoms with van der Waals surface area (Å²) in [7, 11) is 0. The van der Waals surface area contributed by atoms with Crippen LogP contribution in [-0.2, 0) is 10.5 Å². The first kappa shape index (κ1) is 21.4. The second-order valence-corrected chi connectivity index (χ2v) is 8.77.